The first-order valence-electron chi connectivity index (χ1n) is 5.75. The van der Waals surface area contributed by atoms with E-state index in [0.717, 1.165) is 19.4 Å². The van der Waals surface area contributed by atoms with Gasteiger partial charge in [-0.15, -0.1) is 12.4 Å². The van der Waals surface area contributed by atoms with Gasteiger partial charge in [-0.25, -0.2) is 0 Å². The molecule has 0 radical (unpaired) electrons. The molecule has 0 aliphatic carbocycles. The molecule has 1 atom stereocenters. The summed E-state index contributed by atoms with van der Waals surface area (Å²) in [5.74, 6) is -0.0349. The number of nitrogens with one attached hydrogen (secondary N) is 1. The van der Waals surface area contributed by atoms with Gasteiger partial charge in [0.15, 0.2) is 0 Å². The number of hydrogen-bond acceptors (Lipinski definition) is 2. The maximum absolute atomic E-state index is 11.4. The summed E-state index contributed by atoms with van der Waals surface area (Å²) in [5.41, 5.74) is 6.72. The fraction of sp³-hybridized carbons (Fsp3) is 0.462. The average Bonchev–Trinajstić information content (AvgIpc) is 2.34. The highest BCUT2D eigenvalue weighted by Gasteiger charge is 2.08. The van der Waals surface area contributed by atoms with Gasteiger partial charge >= 0.3 is 0 Å². The van der Waals surface area contributed by atoms with E-state index in [2.05, 4.69) is 17.4 Å². The van der Waals surface area contributed by atoms with E-state index in [9.17, 15) is 4.79 Å². The van der Waals surface area contributed by atoms with Crippen molar-refractivity contribution in [2.75, 3.05) is 13.1 Å². The molecular weight excluding hydrogens is 236 g/mol. The molecule has 0 saturated heterocycles. The number of nitrogens with two attached hydrogens (primary N) is 1. The molecule has 96 valence electrons. The van der Waals surface area contributed by atoms with E-state index >= 15 is 0 Å². The Bertz CT molecular complexity index is 316. The van der Waals surface area contributed by atoms with Crippen LogP contribution in [0.2, 0.25) is 0 Å². The van der Waals surface area contributed by atoms with Crippen LogP contribution in [0, 0.1) is 5.92 Å². The molecule has 0 spiro atoms. The normalized spacial score (nSPS) is 11.4. The van der Waals surface area contributed by atoms with Gasteiger partial charge in [-0.2, -0.15) is 0 Å². The third kappa shape index (κ3) is 6.29. The molecular formula is C13H21ClN2O. The first kappa shape index (κ1) is 15.9. The van der Waals surface area contributed by atoms with Crippen molar-refractivity contribution in [3.05, 3.63) is 35.9 Å². The second-order valence-corrected chi connectivity index (χ2v) is 4.02. The molecule has 0 aliphatic rings. The van der Waals surface area contributed by atoms with E-state index in [-0.39, 0.29) is 24.2 Å². The SMILES string of the molecule is CC(CN)C(=O)NCCCc1ccccc1.Cl. The first-order chi connectivity index (χ1) is 7.74. The molecule has 3 nitrogen and oxygen atoms in total. The molecule has 0 bridgehead atoms. The van der Waals surface area contributed by atoms with Gasteiger partial charge in [0.05, 0.1) is 0 Å². The molecule has 1 rings (SSSR count). The zero-order chi connectivity index (χ0) is 11.8. The Morgan fingerprint density at radius 1 is 1.35 bits per heavy atom. The number of carbonyl (C=O) groups excluding carboxylic acids is 1. The number of benzene rings is 1. The third-order valence-corrected chi connectivity index (χ3v) is 2.59. The number of carbonyl (C=O) groups is 1. The monoisotopic (exact) mass is 256 g/mol. The van der Waals surface area contributed by atoms with Crippen LogP contribution >= 0.6 is 12.4 Å². The van der Waals surface area contributed by atoms with Crippen molar-refractivity contribution in [2.24, 2.45) is 11.7 Å². The molecule has 17 heavy (non-hydrogen) atoms. The van der Waals surface area contributed by atoms with Crippen LogP contribution in [-0.4, -0.2) is 19.0 Å². The molecule has 1 aromatic carbocycles. The molecule has 1 unspecified atom stereocenters. The summed E-state index contributed by atoms with van der Waals surface area (Å²) in [4.78, 5) is 11.4. The number of hydrogen-bond donors (Lipinski definition) is 2. The van der Waals surface area contributed by atoms with Gasteiger partial charge in [0, 0.05) is 19.0 Å². The standard InChI is InChI=1S/C13H20N2O.ClH/c1-11(10-14)13(16)15-9-5-8-12-6-3-2-4-7-12;/h2-4,6-7,11H,5,8-10,14H2,1H3,(H,15,16);1H. The number of aryl methyl sites for hydroxylation is 1. The molecule has 4 heteroatoms. The zero-order valence-corrected chi connectivity index (χ0v) is 11.0. The molecule has 0 fully saturated rings. The van der Waals surface area contributed by atoms with Crippen LogP contribution in [-0.2, 0) is 11.2 Å². The highest BCUT2D eigenvalue weighted by molar-refractivity contribution is 5.85. The van der Waals surface area contributed by atoms with Crippen LogP contribution in [0.3, 0.4) is 0 Å². The molecule has 0 heterocycles. The van der Waals surface area contributed by atoms with Gasteiger partial charge in [0.25, 0.3) is 0 Å². The molecule has 1 aromatic rings. The second kappa shape index (κ2) is 9.02. The second-order valence-electron chi connectivity index (χ2n) is 4.02. The van der Waals surface area contributed by atoms with Crippen LogP contribution in [0.5, 0.6) is 0 Å². The summed E-state index contributed by atoms with van der Waals surface area (Å²) in [6.07, 6.45) is 1.96. The lowest BCUT2D eigenvalue weighted by molar-refractivity contribution is -0.124. The number of amides is 1. The third-order valence-electron chi connectivity index (χ3n) is 2.59. The molecule has 0 aromatic heterocycles. The molecule has 0 saturated carbocycles. The van der Waals surface area contributed by atoms with Crippen molar-refractivity contribution in [3.8, 4) is 0 Å². The summed E-state index contributed by atoms with van der Waals surface area (Å²) in [6.45, 7) is 2.97. The van der Waals surface area contributed by atoms with Gasteiger partial charge in [0.2, 0.25) is 5.91 Å². The fourth-order valence-electron chi connectivity index (χ4n) is 1.43. The van der Waals surface area contributed by atoms with Gasteiger partial charge < -0.3 is 11.1 Å². The maximum Gasteiger partial charge on any atom is 0.224 e. The van der Waals surface area contributed by atoms with Crippen LogP contribution < -0.4 is 11.1 Å². The lowest BCUT2D eigenvalue weighted by Crippen LogP contribution is -2.33. The van der Waals surface area contributed by atoms with Crippen molar-refractivity contribution in [3.63, 3.8) is 0 Å². The van der Waals surface area contributed by atoms with E-state index in [4.69, 9.17) is 5.73 Å². The highest BCUT2D eigenvalue weighted by atomic mass is 35.5. The van der Waals surface area contributed by atoms with E-state index in [0.29, 0.717) is 6.54 Å². The molecule has 3 N–H and O–H groups in total. The summed E-state index contributed by atoms with van der Waals surface area (Å²) < 4.78 is 0. The van der Waals surface area contributed by atoms with Crippen molar-refractivity contribution in [2.45, 2.75) is 19.8 Å². The van der Waals surface area contributed by atoms with E-state index in [1.165, 1.54) is 5.56 Å². The van der Waals surface area contributed by atoms with E-state index < -0.39 is 0 Å². The highest BCUT2D eigenvalue weighted by Crippen LogP contribution is 2.01. The van der Waals surface area contributed by atoms with Crippen molar-refractivity contribution in [1.82, 2.24) is 5.32 Å². The van der Waals surface area contributed by atoms with Crippen LogP contribution in [0.25, 0.3) is 0 Å². The lowest BCUT2D eigenvalue weighted by atomic mass is 10.1. The Kier molecular flexibility index (Phi) is 8.46. The molecule has 0 aliphatic heterocycles. The van der Waals surface area contributed by atoms with Gasteiger partial charge in [0.1, 0.15) is 0 Å². The minimum Gasteiger partial charge on any atom is -0.356 e. The Morgan fingerprint density at radius 2 is 2.00 bits per heavy atom. The summed E-state index contributed by atoms with van der Waals surface area (Å²) in [5, 5.41) is 2.88. The van der Waals surface area contributed by atoms with Crippen LogP contribution in [0.4, 0.5) is 0 Å². The van der Waals surface area contributed by atoms with Gasteiger partial charge in [-0.3, -0.25) is 4.79 Å². The lowest BCUT2D eigenvalue weighted by Gasteiger charge is -2.09. The largest absolute Gasteiger partial charge is 0.356 e. The van der Waals surface area contributed by atoms with E-state index in [1.54, 1.807) is 0 Å². The van der Waals surface area contributed by atoms with Crippen molar-refractivity contribution < 1.29 is 4.79 Å². The molecule has 1 amide bonds. The summed E-state index contributed by atoms with van der Waals surface area (Å²) in [6, 6.07) is 10.3. The minimum atomic E-state index is -0.0864. The quantitative estimate of drug-likeness (QED) is 0.762. The Hall–Kier alpha value is -1.06. The van der Waals surface area contributed by atoms with Crippen molar-refractivity contribution in [1.29, 1.82) is 0 Å². The maximum atomic E-state index is 11.4. The van der Waals surface area contributed by atoms with Gasteiger partial charge in [-0.05, 0) is 18.4 Å². The van der Waals surface area contributed by atoms with E-state index in [1.807, 2.05) is 25.1 Å². The Labute approximate surface area is 109 Å². The van der Waals surface area contributed by atoms with Crippen LogP contribution in [0.15, 0.2) is 30.3 Å². The summed E-state index contributed by atoms with van der Waals surface area (Å²) in [7, 11) is 0. The van der Waals surface area contributed by atoms with Crippen LogP contribution in [0.1, 0.15) is 18.9 Å². The van der Waals surface area contributed by atoms with Crippen molar-refractivity contribution >= 4 is 18.3 Å². The number of rotatable bonds is 6. The Morgan fingerprint density at radius 3 is 2.59 bits per heavy atom. The fourth-order valence-corrected chi connectivity index (χ4v) is 1.43. The first-order valence-corrected chi connectivity index (χ1v) is 5.75. The smallest absolute Gasteiger partial charge is 0.224 e. The zero-order valence-electron chi connectivity index (χ0n) is 10.2. The topological polar surface area (TPSA) is 55.1 Å². The summed E-state index contributed by atoms with van der Waals surface area (Å²) >= 11 is 0. The average molecular weight is 257 g/mol. The van der Waals surface area contributed by atoms with Gasteiger partial charge in [-0.1, -0.05) is 37.3 Å². The number of halogens is 1. The predicted octanol–water partition coefficient (Wildman–Crippen LogP) is 1.75. The Balaban J connectivity index is 0.00000256. The minimum absolute atomic E-state index is 0. The predicted molar refractivity (Wildman–Crippen MR) is 73.2 cm³/mol.